The summed E-state index contributed by atoms with van der Waals surface area (Å²) in [5.74, 6) is 0.232. The van der Waals surface area contributed by atoms with Crippen LogP contribution in [0.3, 0.4) is 0 Å². The van der Waals surface area contributed by atoms with Crippen LogP contribution in [0.5, 0.6) is 5.88 Å². The van der Waals surface area contributed by atoms with E-state index in [-0.39, 0.29) is 16.7 Å². The van der Waals surface area contributed by atoms with Gasteiger partial charge in [-0.05, 0) is 45.7 Å². The highest BCUT2D eigenvalue weighted by atomic mass is 32.2. The number of ether oxygens (including phenoxy) is 1. The minimum Gasteiger partial charge on any atom is -0.471 e. The van der Waals surface area contributed by atoms with Gasteiger partial charge in [-0.25, -0.2) is 22.7 Å². The third-order valence-electron chi connectivity index (χ3n) is 3.01. The number of pyridine rings is 1. The SMILES string of the molecule is CCc1cc(C(C)N[S@](=O)C(C)(C)C)cnc1OCC(F)F. The lowest BCUT2D eigenvalue weighted by molar-refractivity contribution is 0.0790. The Labute approximate surface area is 133 Å². The largest absolute Gasteiger partial charge is 0.471 e. The molecule has 0 fully saturated rings. The Balaban J connectivity index is 2.86. The molecule has 0 aliphatic heterocycles. The number of halogens is 2. The predicted octanol–water partition coefficient (Wildman–Crippen LogP) is 3.40. The van der Waals surface area contributed by atoms with Crippen molar-refractivity contribution in [1.29, 1.82) is 0 Å². The van der Waals surface area contributed by atoms with Crippen molar-refractivity contribution in [2.75, 3.05) is 6.61 Å². The number of aromatic nitrogens is 1. The van der Waals surface area contributed by atoms with Crippen LogP contribution < -0.4 is 9.46 Å². The Morgan fingerprint density at radius 2 is 2.05 bits per heavy atom. The fraction of sp³-hybridized carbons (Fsp3) is 0.667. The number of nitrogens with zero attached hydrogens (tertiary/aromatic N) is 1. The number of alkyl halides is 2. The van der Waals surface area contributed by atoms with Gasteiger partial charge in [0.05, 0.1) is 15.7 Å². The van der Waals surface area contributed by atoms with Crippen LogP contribution >= 0.6 is 0 Å². The summed E-state index contributed by atoms with van der Waals surface area (Å²) in [7, 11) is -1.20. The van der Waals surface area contributed by atoms with Crippen molar-refractivity contribution < 1.29 is 17.7 Å². The lowest BCUT2D eigenvalue weighted by atomic mass is 10.1. The molecule has 0 amide bonds. The molecule has 1 aromatic heterocycles. The maximum absolute atomic E-state index is 12.2. The van der Waals surface area contributed by atoms with E-state index >= 15 is 0 Å². The highest BCUT2D eigenvalue weighted by Gasteiger charge is 2.22. The molecule has 0 radical (unpaired) electrons. The Morgan fingerprint density at radius 1 is 1.41 bits per heavy atom. The summed E-state index contributed by atoms with van der Waals surface area (Å²) in [5, 5.41) is 0. The van der Waals surface area contributed by atoms with Crippen LogP contribution in [0.1, 0.15) is 51.8 Å². The zero-order valence-electron chi connectivity index (χ0n) is 13.7. The van der Waals surface area contributed by atoms with Crippen molar-refractivity contribution in [3.63, 3.8) is 0 Å². The lowest BCUT2D eigenvalue weighted by Crippen LogP contribution is -2.34. The van der Waals surface area contributed by atoms with Crippen molar-refractivity contribution in [2.45, 2.75) is 58.3 Å². The number of rotatable bonds is 7. The average molecular weight is 334 g/mol. The Hall–Kier alpha value is -1.08. The normalized spacial score (nSPS) is 14.9. The molecule has 0 spiro atoms. The Morgan fingerprint density at radius 3 is 2.55 bits per heavy atom. The van der Waals surface area contributed by atoms with E-state index in [1.54, 1.807) is 6.20 Å². The molecule has 22 heavy (non-hydrogen) atoms. The molecule has 1 rings (SSSR count). The minimum atomic E-state index is -2.53. The molecule has 0 aliphatic rings. The van der Waals surface area contributed by atoms with Gasteiger partial charge < -0.3 is 4.74 Å². The molecule has 4 nitrogen and oxygen atoms in total. The molecule has 126 valence electrons. The van der Waals surface area contributed by atoms with E-state index in [4.69, 9.17) is 4.74 Å². The molecule has 1 heterocycles. The molecule has 0 saturated carbocycles. The second-order valence-corrected chi connectivity index (χ2v) is 8.01. The van der Waals surface area contributed by atoms with E-state index in [9.17, 15) is 13.0 Å². The van der Waals surface area contributed by atoms with E-state index in [0.29, 0.717) is 6.42 Å². The second-order valence-electron chi connectivity index (χ2n) is 6.01. The first-order valence-electron chi connectivity index (χ1n) is 7.23. The summed E-state index contributed by atoms with van der Waals surface area (Å²) in [6, 6.07) is 1.69. The van der Waals surface area contributed by atoms with Crippen LogP contribution in [-0.4, -0.2) is 27.0 Å². The number of nitrogens with one attached hydrogen (secondary N) is 1. The van der Waals surface area contributed by atoms with Gasteiger partial charge in [0, 0.05) is 17.8 Å². The van der Waals surface area contributed by atoms with E-state index in [2.05, 4.69) is 9.71 Å². The molecule has 0 aliphatic carbocycles. The summed E-state index contributed by atoms with van der Waals surface area (Å²) >= 11 is 0. The highest BCUT2D eigenvalue weighted by molar-refractivity contribution is 7.84. The van der Waals surface area contributed by atoms with Gasteiger partial charge in [0.25, 0.3) is 6.43 Å². The van der Waals surface area contributed by atoms with E-state index in [0.717, 1.165) is 11.1 Å². The van der Waals surface area contributed by atoms with Crippen LogP contribution in [-0.2, 0) is 17.4 Å². The zero-order chi connectivity index (χ0) is 16.9. The van der Waals surface area contributed by atoms with Crippen molar-refractivity contribution >= 4 is 11.0 Å². The predicted molar refractivity (Wildman–Crippen MR) is 84.6 cm³/mol. The van der Waals surface area contributed by atoms with Gasteiger partial charge in [0.1, 0.15) is 0 Å². The number of hydrogen-bond donors (Lipinski definition) is 1. The Kier molecular flexibility index (Phi) is 6.87. The third-order valence-corrected chi connectivity index (χ3v) is 4.69. The number of hydrogen-bond acceptors (Lipinski definition) is 3. The van der Waals surface area contributed by atoms with Crippen LogP contribution in [0.2, 0.25) is 0 Å². The summed E-state index contributed by atoms with van der Waals surface area (Å²) in [6.45, 7) is 8.79. The zero-order valence-corrected chi connectivity index (χ0v) is 14.5. The Bertz CT molecular complexity index is 519. The second kappa shape index (κ2) is 7.97. The van der Waals surface area contributed by atoms with E-state index < -0.39 is 24.0 Å². The smallest absolute Gasteiger partial charge is 0.272 e. The quantitative estimate of drug-likeness (QED) is 0.831. The van der Waals surface area contributed by atoms with Crippen LogP contribution in [0, 0.1) is 0 Å². The molecular formula is C15H24F2N2O2S. The number of aryl methyl sites for hydroxylation is 1. The molecular weight excluding hydrogens is 310 g/mol. The van der Waals surface area contributed by atoms with Crippen LogP contribution in [0.15, 0.2) is 12.3 Å². The van der Waals surface area contributed by atoms with Crippen LogP contribution in [0.25, 0.3) is 0 Å². The van der Waals surface area contributed by atoms with Crippen LogP contribution in [0.4, 0.5) is 8.78 Å². The van der Waals surface area contributed by atoms with Gasteiger partial charge in [0.2, 0.25) is 5.88 Å². The van der Waals surface area contributed by atoms with Gasteiger partial charge in [-0.1, -0.05) is 6.92 Å². The first-order valence-corrected chi connectivity index (χ1v) is 8.38. The molecule has 0 bridgehead atoms. The molecule has 0 saturated heterocycles. The first-order chi connectivity index (χ1) is 10.1. The van der Waals surface area contributed by atoms with Crippen molar-refractivity contribution in [3.8, 4) is 5.88 Å². The standard InChI is InChI=1S/C15H24F2N2O2S/c1-6-11-7-12(8-18-14(11)21-9-13(16)17)10(2)19-22(20)15(3,4)5/h7-8,10,13,19H,6,9H2,1-5H3/t10?,22-/m1/s1. The van der Waals surface area contributed by atoms with Crippen molar-refractivity contribution in [3.05, 3.63) is 23.4 Å². The fourth-order valence-corrected chi connectivity index (χ4v) is 2.49. The summed E-state index contributed by atoms with van der Waals surface area (Å²) in [6.07, 6.45) is -0.340. The topological polar surface area (TPSA) is 51.2 Å². The molecule has 7 heteroatoms. The van der Waals surface area contributed by atoms with Gasteiger partial charge in [0.15, 0.2) is 6.61 Å². The third kappa shape index (κ3) is 5.61. The lowest BCUT2D eigenvalue weighted by Gasteiger charge is -2.22. The molecule has 0 aromatic carbocycles. The monoisotopic (exact) mass is 334 g/mol. The van der Waals surface area contributed by atoms with Gasteiger partial charge >= 0.3 is 0 Å². The molecule has 1 unspecified atom stereocenters. The van der Waals surface area contributed by atoms with Crippen molar-refractivity contribution in [2.24, 2.45) is 0 Å². The fourth-order valence-electron chi connectivity index (χ4n) is 1.68. The summed E-state index contributed by atoms with van der Waals surface area (Å²) in [5.41, 5.74) is 1.60. The van der Waals surface area contributed by atoms with Gasteiger partial charge in [-0.15, -0.1) is 0 Å². The molecule has 1 N–H and O–H groups in total. The maximum Gasteiger partial charge on any atom is 0.272 e. The average Bonchev–Trinajstić information content (AvgIpc) is 2.43. The molecule has 2 atom stereocenters. The van der Waals surface area contributed by atoms with Gasteiger partial charge in [-0.3, -0.25) is 0 Å². The van der Waals surface area contributed by atoms with E-state index in [1.165, 1.54) is 0 Å². The first kappa shape index (κ1) is 19.0. The summed E-state index contributed by atoms with van der Waals surface area (Å²) < 4.78 is 44.2. The van der Waals surface area contributed by atoms with E-state index in [1.807, 2.05) is 40.7 Å². The highest BCUT2D eigenvalue weighted by Crippen LogP contribution is 2.23. The van der Waals surface area contributed by atoms with Gasteiger partial charge in [-0.2, -0.15) is 0 Å². The maximum atomic E-state index is 12.2. The van der Waals surface area contributed by atoms with Crippen molar-refractivity contribution in [1.82, 2.24) is 9.71 Å². The minimum absolute atomic E-state index is 0.165. The molecule has 1 aromatic rings. The summed E-state index contributed by atoms with van der Waals surface area (Å²) in [4.78, 5) is 4.12.